The molecule has 3 aromatic carbocycles. The fourth-order valence-electron chi connectivity index (χ4n) is 2.59. The van der Waals surface area contributed by atoms with Gasteiger partial charge in [0.2, 0.25) is 0 Å². The molecule has 3 aromatic rings. The van der Waals surface area contributed by atoms with Crippen molar-refractivity contribution in [2.45, 2.75) is 12.5 Å². The molecule has 0 spiro atoms. The van der Waals surface area contributed by atoms with Crippen molar-refractivity contribution in [2.75, 3.05) is 0 Å². The number of hydrogen-bond donors (Lipinski definition) is 3. The van der Waals surface area contributed by atoms with E-state index in [1.165, 1.54) is 0 Å². The maximum absolute atomic E-state index is 12.1. The molecule has 0 saturated carbocycles. The molecular weight excluding hydrogens is 314 g/mol. The van der Waals surface area contributed by atoms with Gasteiger partial charge in [-0.1, -0.05) is 54.6 Å². The van der Waals surface area contributed by atoms with Crippen molar-refractivity contribution < 1.29 is 9.90 Å². The van der Waals surface area contributed by atoms with Crippen LogP contribution in [0.1, 0.15) is 11.1 Å². The van der Waals surface area contributed by atoms with Gasteiger partial charge in [-0.05, 0) is 34.9 Å². The smallest absolute Gasteiger partial charge is 0.257 e. The van der Waals surface area contributed by atoms with Gasteiger partial charge in [0, 0.05) is 5.56 Å². The molecule has 1 unspecified atom stereocenters. The summed E-state index contributed by atoms with van der Waals surface area (Å²) in [7, 11) is 0. The Morgan fingerprint density at radius 3 is 2.60 bits per heavy atom. The van der Waals surface area contributed by atoms with Crippen LogP contribution in [0.5, 0.6) is 5.75 Å². The number of aromatic hydroxyl groups is 1. The highest BCUT2D eigenvalue weighted by molar-refractivity contribution is 6.00. The van der Waals surface area contributed by atoms with Crippen LogP contribution < -0.4 is 11.2 Å². The highest BCUT2D eigenvalue weighted by atomic mass is 16.3. The number of benzene rings is 3. The minimum atomic E-state index is -0.714. The van der Waals surface area contributed by atoms with E-state index in [1.54, 1.807) is 30.5 Å². The molecule has 1 atom stereocenters. The summed E-state index contributed by atoms with van der Waals surface area (Å²) in [6, 6.07) is 19.8. The number of carbonyl (C=O) groups is 1. The summed E-state index contributed by atoms with van der Waals surface area (Å²) >= 11 is 0. The molecule has 5 nitrogen and oxygen atoms in total. The molecule has 5 heteroatoms. The van der Waals surface area contributed by atoms with Crippen LogP contribution in [-0.4, -0.2) is 23.3 Å². The third kappa shape index (κ3) is 4.22. The van der Waals surface area contributed by atoms with E-state index in [-0.39, 0.29) is 11.7 Å². The predicted molar refractivity (Wildman–Crippen MR) is 99.5 cm³/mol. The average Bonchev–Trinajstić information content (AvgIpc) is 2.63. The molecule has 0 heterocycles. The number of nitrogens with one attached hydrogen (secondary N) is 1. The molecule has 126 valence electrons. The summed E-state index contributed by atoms with van der Waals surface area (Å²) in [5, 5.41) is 15.5. The Kier molecular flexibility index (Phi) is 5.06. The van der Waals surface area contributed by atoms with Gasteiger partial charge in [-0.15, -0.1) is 0 Å². The molecule has 0 radical (unpaired) electrons. The molecule has 0 saturated heterocycles. The van der Waals surface area contributed by atoms with E-state index in [4.69, 9.17) is 5.73 Å². The number of carbonyl (C=O) groups excluding carboxylic acids is 1. The van der Waals surface area contributed by atoms with E-state index in [2.05, 4.69) is 10.5 Å². The van der Waals surface area contributed by atoms with Crippen molar-refractivity contribution in [3.05, 3.63) is 77.9 Å². The van der Waals surface area contributed by atoms with Gasteiger partial charge in [0.25, 0.3) is 5.91 Å². The van der Waals surface area contributed by atoms with Gasteiger partial charge in [0.05, 0.1) is 12.3 Å². The first-order chi connectivity index (χ1) is 12.1. The molecule has 25 heavy (non-hydrogen) atoms. The number of nitrogens with two attached hydrogens (primary N) is 1. The Hall–Kier alpha value is -3.18. The Morgan fingerprint density at radius 1 is 1.08 bits per heavy atom. The Balaban J connectivity index is 1.62. The van der Waals surface area contributed by atoms with Crippen molar-refractivity contribution in [1.82, 2.24) is 5.43 Å². The van der Waals surface area contributed by atoms with Gasteiger partial charge in [0.1, 0.15) is 5.75 Å². The monoisotopic (exact) mass is 333 g/mol. The molecule has 3 rings (SSSR count). The molecular formula is C20H19N3O2. The fraction of sp³-hybridized carbons (Fsp3) is 0.100. The topological polar surface area (TPSA) is 87.7 Å². The van der Waals surface area contributed by atoms with Gasteiger partial charge in [-0.25, -0.2) is 5.43 Å². The lowest BCUT2D eigenvalue weighted by Gasteiger charge is -2.10. The highest BCUT2D eigenvalue weighted by Crippen LogP contribution is 2.16. The van der Waals surface area contributed by atoms with E-state index in [1.807, 2.05) is 42.5 Å². The zero-order valence-corrected chi connectivity index (χ0v) is 13.6. The third-order valence-corrected chi connectivity index (χ3v) is 3.93. The molecule has 0 bridgehead atoms. The first-order valence-corrected chi connectivity index (χ1v) is 7.97. The van der Waals surface area contributed by atoms with E-state index < -0.39 is 6.04 Å². The van der Waals surface area contributed by atoms with Crippen molar-refractivity contribution in [3.63, 3.8) is 0 Å². The van der Waals surface area contributed by atoms with Gasteiger partial charge >= 0.3 is 0 Å². The lowest BCUT2D eigenvalue weighted by atomic mass is 10.1. The van der Waals surface area contributed by atoms with Gasteiger partial charge in [0.15, 0.2) is 0 Å². The highest BCUT2D eigenvalue weighted by Gasteiger charge is 2.13. The van der Waals surface area contributed by atoms with Crippen molar-refractivity contribution in [1.29, 1.82) is 0 Å². The molecule has 0 aliphatic heterocycles. The lowest BCUT2D eigenvalue weighted by molar-refractivity contribution is -0.122. The van der Waals surface area contributed by atoms with Crippen LogP contribution >= 0.6 is 0 Å². The standard InChI is InChI=1S/C20H19N3O2/c21-19(12-14-8-10-17(24)11-9-14)20(25)23-22-13-16-6-3-5-15-4-1-2-7-18(15)16/h1-11,13,19,24H,12,21H2,(H,23,25). The van der Waals surface area contributed by atoms with Crippen molar-refractivity contribution in [2.24, 2.45) is 10.8 Å². The van der Waals surface area contributed by atoms with Crippen LogP contribution in [0.15, 0.2) is 71.8 Å². The van der Waals surface area contributed by atoms with Crippen molar-refractivity contribution in [3.8, 4) is 5.75 Å². The molecule has 0 aliphatic rings. The van der Waals surface area contributed by atoms with Gasteiger partial charge < -0.3 is 10.8 Å². The molecule has 0 aliphatic carbocycles. The third-order valence-electron chi connectivity index (χ3n) is 3.93. The van der Waals surface area contributed by atoms with Crippen LogP contribution in [0, 0.1) is 0 Å². The summed E-state index contributed by atoms with van der Waals surface area (Å²) in [5.74, 6) is -0.175. The van der Waals surface area contributed by atoms with E-state index in [0.29, 0.717) is 6.42 Å². The summed E-state index contributed by atoms with van der Waals surface area (Å²) < 4.78 is 0. The number of rotatable bonds is 5. The van der Waals surface area contributed by atoms with Crippen LogP contribution in [0.3, 0.4) is 0 Å². The van der Waals surface area contributed by atoms with Crippen LogP contribution in [0.25, 0.3) is 10.8 Å². The van der Waals surface area contributed by atoms with E-state index in [0.717, 1.165) is 21.9 Å². The Bertz CT molecular complexity index is 899. The number of nitrogens with zero attached hydrogens (tertiary/aromatic N) is 1. The fourth-order valence-corrected chi connectivity index (χ4v) is 2.59. The Labute approximate surface area is 145 Å². The minimum absolute atomic E-state index is 0.182. The van der Waals surface area contributed by atoms with Crippen LogP contribution in [0.4, 0.5) is 0 Å². The normalized spacial score (nSPS) is 12.4. The average molecular weight is 333 g/mol. The molecule has 4 N–H and O–H groups in total. The summed E-state index contributed by atoms with van der Waals surface area (Å²) in [4.78, 5) is 12.1. The summed E-state index contributed by atoms with van der Waals surface area (Å²) in [6.07, 6.45) is 1.99. The van der Waals surface area contributed by atoms with Crippen LogP contribution in [0.2, 0.25) is 0 Å². The second-order valence-electron chi connectivity index (χ2n) is 5.78. The van der Waals surface area contributed by atoms with E-state index in [9.17, 15) is 9.90 Å². The second-order valence-corrected chi connectivity index (χ2v) is 5.78. The molecule has 0 fully saturated rings. The molecule has 0 aromatic heterocycles. The zero-order valence-electron chi connectivity index (χ0n) is 13.6. The maximum Gasteiger partial charge on any atom is 0.257 e. The number of phenolic OH excluding ortho intramolecular Hbond substituents is 1. The van der Waals surface area contributed by atoms with E-state index >= 15 is 0 Å². The van der Waals surface area contributed by atoms with Crippen LogP contribution in [-0.2, 0) is 11.2 Å². The SMILES string of the molecule is NC(Cc1ccc(O)cc1)C(=O)NN=Cc1cccc2ccccc12. The first-order valence-electron chi connectivity index (χ1n) is 7.97. The summed E-state index contributed by atoms with van der Waals surface area (Å²) in [6.45, 7) is 0. The van der Waals surface area contributed by atoms with Gasteiger partial charge in [-0.2, -0.15) is 5.10 Å². The minimum Gasteiger partial charge on any atom is -0.508 e. The first kappa shape index (κ1) is 16.7. The van der Waals surface area contributed by atoms with Gasteiger partial charge in [-0.3, -0.25) is 4.79 Å². The lowest BCUT2D eigenvalue weighted by Crippen LogP contribution is -2.39. The number of phenols is 1. The zero-order chi connectivity index (χ0) is 17.6. The second kappa shape index (κ2) is 7.59. The number of fused-ring (bicyclic) bond motifs is 1. The quantitative estimate of drug-likeness (QED) is 0.495. The van der Waals surface area contributed by atoms with Crippen molar-refractivity contribution >= 4 is 22.9 Å². The Morgan fingerprint density at radius 2 is 1.80 bits per heavy atom. The number of hydrogen-bond acceptors (Lipinski definition) is 4. The number of hydrazone groups is 1. The largest absolute Gasteiger partial charge is 0.508 e. The number of amides is 1. The maximum atomic E-state index is 12.1. The molecule has 1 amide bonds. The predicted octanol–water partition coefficient (Wildman–Crippen LogP) is 2.57. The summed E-state index contributed by atoms with van der Waals surface area (Å²) in [5.41, 5.74) is 10.2.